The fraction of sp³-hybridized carbons (Fsp3) is 0.571. The van der Waals surface area contributed by atoms with Crippen LogP contribution >= 0.6 is 0 Å². The van der Waals surface area contributed by atoms with Crippen molar-refractivity contribution in [3.63, 3.8) is 0 Å². The number of rotatable bonds is 3. The summed E-state index contributed by atoms with van der Waals surface area (Å²) in [6.07, 6.45) is 5.91. The molecule has 0 radical (unpaired) electrons. The van der Waals surface area contributed by atoms with Gasteiger partial charge in [-0.3, -0.25) is 0 Å². The van der Waals surface area contributed by atoms with Crippen molar-refractivity contribution in [1.29, 1.82) is 0 Å². The number of hydrogen-bond acceptors (Lipinski definition) is 2. The lowest BCUT2D eigenvalue weighted by atomic mass is 9.91. The van der Waals surface area contributed by atoms with Gasteiger partial charge >= 0.3 is 0 Å². The van der Waals surface area contributed by atoms with Gasteiger partial charge in [0.25, 0.3) is 0 Å². The molecule has 16 heavy (non-hydrogen) atoms. The summed E-state index contributed by atoms with van der Waals surface area (Å²) in [5, 5.41) is 3.58. The van der Waals surface area contributed by atoms with Gasteiger partial charge in [0.15, 0.2) is 0 Å². The van der Waals surface area contributed by atoms with Crippen LogP contribution in [0.1, 0.15) is 38.2 Å². The van der Waals surface area contributed by atoms with Crippen molar-refractivity contribution in [3.05, 3.63) is 29.8 Å². The third-order valence-corrected chi connectivity index (χ3v) is 3.45. The molecule has 2 rings (SSSR count). The van der Waals surface area contributed by atoms with Crippen molar-refractivity contribution in [1.82, 2.24) is 0 Å². The smallest absolute Gasteiger partial charge is 0.0342 e. The molecule has 0 aromatic heterocycles. The zero-order chi connectivity index (χ0) is 11.4. The lowest BCUT2D eigenvalue weighted by Crippen LogP contribution is -2.34. The molecule has 1 saturated carbocycles. The number of aryl methyl sites for hydroxylation is 1. The van der Waals surface area contributed by atoms with Gasteiger partial charge in [0, 0.05) is 17.8 Å². The fourth-order valence-electron chi connectivity index (χ4n) is 2.43. The first-order valence-corrected chi connectivity index (χ1v) is 6.39. The highest BCUT2D eigenvalue weighted by atomic mass is 14.9. The minimum Gasteiger partial charge on any atom is -0.382 e. The van der Waals surface area contributed by atoms with Crippen molar-refractivity contribution in [2.24, 2.45) is 5.73 Å². The van der Waals surface area contributed by atoms with Crippen LogP contribution in [0.2, 0.25) is 0 Å². The molecule has 0 saturated heterocycles. The van der Waals surface area contributed by atoms with Crippen LogP contribution < -0.4 is 11.1 Å². The van der Waals surface area contributed by atoms with Gasteiger partial charge < -0.3 is 11.1 Å². The SMILES string of the molecule is CCc1ccc(NC2CCCC(N)C2)cc1. The van der Waals surface area contributed by atoms with Crippen LogP contribution in [0.4, 0.5) is 5.69 Å². The Hall–Kier alpha value is -1.02. The molecule has 88 valence electrons. The first kappa shape index (κ1) is 11.5. The summed E-state index contributed by atoms with van der Waals surface area (Å²) < 4.78 is 0. The maximum Gasteiger partial charge on any atom is 0.0342 e. The van der Waals surface area contributed by atoms with E-state index < -0.39 is 0 Å². The van der Waals surface area contributed by atoms with Crippen LogP contribution in [0, 0.1) is 0 Å². The fourth-order valence-corrected chi connectivity index (χ4v) is 2.43. The second-order valence-corrected chi connectivity index (χ2v) is 4.82. The zero-order valence-electron chi connectivity index (χ0n) is 10.1. The Labute approximate surface area is 98.2 Å². The molecule has 0 spiro atoms. The molecule has 2 heteroatoms. The molecule has 0 aliphatic heterocycles. The number of nitrogens with two attached hydrogens (primary N) is 1. The Morgan fingerprint density at radius 1 is 1.25 bits per heavy atom. The monoisotopic (exact) mass is 218 g/mol. The van der Waals surface area contributed by atoms with Crippen molar-refractivity contribution in [2.45, 2.75) is 51.1 Å². The van der Waals surface area contributed by atoms with Gasteiger partial charge in [0.2, 0.25) is 0 Å². The van der Waals surface area contributed by atoms with Crippen LogP contribution in [-0.2, 0) is 6.42 Å². The van der Waals surface area contributed by atoms with E-state index in [1.807, 2.05) is 0 Å². The van der Waals surface area contributed by atoms with Gasteiger partial charge in [-0.15, -0.1) is 0 Å². The molecule has 1 fully saturated rings. The van der Waals surface area contributed by atoms with Gasteiger partial charge in [-0.05, 0) is 49.8 Å². The van der Waals surface area contributed by atoms with E-state index in [9.17, 15) is 0 Å². The first-order valence-electron chi connectivity index (χ1n) is 6.39. The number of benzene rings is 1. The first-order chi connectivity index (χ1) is 7.78. The van der Waals surface area contributed by atoms with Crippen molar-refractivity contribution < 1.29 is 0 Å². The minimum atomic E-state index is 0.390. The van der Waals surface area contributed by atoms with Gasteiger partial charge in [-0.25, -0.2) is 0 Å². The molecule has 2 nitrogen and oxygen atoms in total. The van der Waals surface area contributed by atoms with Crippen molar-refractivity contribution in [2.75, 3.05) is 5.32 Å². The van der Waals surface area contributed by atoms with Crippen molar-refractivity contribution in [3.8, 4) is 0 Å². The molecule has 1 aromatic rings. The molecule has 1 aliphatic carbocycles. The van der Waals surface area contributed by atoms with E-state index >= 15 is 0 Å². The molecule has 1 aliphatic rings. The standard InChI is InChI=1S/C14H22N2/c1-2-11-6-8-13(9-7-11)16-14-5-3-4-12(15)10-14/h6-9,12,14,16H,2-5,10,15H2,1H3. The van der Waals surface area contributed by atoms with Crippen LogP contribution in [-0.4, -0.2) is 12.1 Å². The average Bonchev–Trinajstić information content (AvgIpc) is 2.30. The molecule has 0 heterocycles. The summed E-state index contributed by atoms with van der Waals surface area (Å²) in [6.45, 7) is 2.18. The van der Waals surface area contributed by atoms with Crippen LogP contribution in [0.5, 0.6) is 0 Å². The lowest BCUT2D eigenvalue weighted by Gasteiger charge is -2.28. The van der Waals surface area contributed by atoms with Crippen LogP contribution in [0.15, 0.2) is 24.3 Å². The largest absolute Gasteiger partial charge is 0.382 e. The maximum atomic E-state index is 5.98. The summed E-state index contributed by atoms with van der Waals surface area (Å²) in [5.41, 5.74) is 8.61. The second-order valence-electron chi connectivity index (χ2n) is 4.82. The second kappa shape index (κ2) is 5.35. The van der Waals surface area contributed by atoms with Gasteiger partial charge in [0.05, 0.1) is 0 Å². The molecule has 0 bridgehead atoms. The van der Waals surface area contributed by atoms with Crippen LogP contribution in [0.3, 0.4) is 0 Å². The Bertz CT molecular complexity index is 318. The normalized spacial score (nSPS) is 25.4. The topological polar surface area (TPSA) is 38.0 Å². The number of anilines is 1. The Morgan fingerprint density at radius 2 is 2.00 bits per heavy atom. The van der Waals surface area contributed by atoms with Gasteiger partial charge in [0.1, 0.15) is 0 Å². The number of hydrogen-bond donors (Lipinski definition) is 2. The molecular weight excluding hydrogens is 196 g/mol. The maximum absolute atomic E-state index is 5.98. The zero-order valence-corrected chi connectivity index (χ0v) is 10.1. The Balaban J connectivity index is 1.92. The molecule has 2 unspecified atom stereocenters. The van der Waals surface area contributed by atoms with E-state index in [1.165, 1.54) is 30.5 Å². The highest BCUT2D eigenvalue weighted by Crippen LogP contribution is 2.21. The summed E-state index contributed by atoms with van der Waals surface area (Å²) >= 11 is 0. The minimum absolute atomic E-state index is 0.390. The van der Waals surface area contributed by atoms with E-state index in [0.29, 0.717) is 12.1 Å². The lowest BCUT2D eigenvalue weighted by molar-refractivity contribution is 0.409. The molecule has 0 amide bonds. The third kappa shape index (κ3) is 2.99. The highest BCUT2D eigenvalue weighted by molar-refractivity contribution is 5.45. The number of nitrogens with one attached hydrogen (secondary N) is 1. The van der Waals surface area contributed by atoms with E-state index in [4.69, 9.17) is 5.73 Å². The molecule has 3 N–H and O–H groups in total. The average molecular weight is 218 g/mol. The Morgan fingerprint density at radius 3 is 2.62 bits per heavy atom. The summed E-state index contributed by atoms with van der Waals surface area (Å²) in [5.74, 6) is 0. The predicted molar refractivity (Wildman–Crippen MR) is 69.7 cm³/mol. The quantitative estimate of drug-likeness (QED) is 0.818. The predicted octanol–water partition coefficient (Wildman–Crippen LogP) is 2.93. The Kier molecular flexibility index (Phi) is 3.83. The summed E-state index contributed by atoms with van der Waals surface area (Å²) in [4.78, 5) is 0. The third-order valence-electron chi connectivity index (χ3n) is 3.45. The van der Waals surface area contributed by atoms with Gasteiger partial charge in [-0.2, -0.15) is 0 Å². The van der Waals surface area contributed by atoms with Crippen LogP contribution in [0.25, 0.3) is 0 Å². The van der Waals surface area contributed by atoms with Crippen molar-refractivity contribution >= 4 is 5.69 Å². The summed E-state index contributed by atoms with van der Waals surface area (Å²) in [6, 6.07) is 9.71. The molecule has 2 atom stereocenters. The van der Waals surface area contributed by atoms with E-state index in [-0.39, 0.29) is 0 Å². The highest BCUT2D eigenvalue weighted by Gasteiger charge is 2.18. The van der Waals surface area contributed by atoms with E-state index in [0.717, 1.165) is 12.8 Å². The van der Waals surface area contributed by atoms with E-state index in [1.54, 1.807) is 0 Å². The molecular formula is C14H22N2. The molecule has 1 aromatic carbocycles. The van der Waals surface area contributed by atoms with Gasteiger partial charge in [-0.1, -0.05) is 19.1 Å². The summed E-state index contributed by atoms with van der Waals surface area (Å²) in [7, 11) is 0. The van der Waals surface area contributed by atoms with E-state index in [2.05, 4.69) is 36.5 Å².